The van der Waals surface area contributed by atoms with E-state index in [1.165, 1.54) is 38.3 Å². The highest BCUT2D eigenvalue weighted by molar-refractivity contribution is 7.92. The molecule has 2 rings (SSSR count). The molecule has 0 saturated carbocycles. The fourth-order valence-electron chi connectivity index (χ4n) is 2.61. The Morgan fingerprint density at radius 1 is 1.03 bits per heavy atom. The maximum absolute atomic E-state index is 13.3. The number of carbonyl (C=O) groups excluding carboxylic acids is 2. The summed E-state index contributed by atoms with van der Waals surface area (Å²) in [7, 11) is -2.52. The van der Waals surface area contributed by atoms with Gasteiger partial charge in [-0.1, -0.05) is 13.8 Å². The summed E-state index contributed by atoms with van der Waals surface area (Å²) in [6, 6.07) is 12.2. The van der Waals surface area contributed by atoms with Crippen molar-refractivity contribution < 1.29 is 22.7 Å². The molecule has 0 atom stereocenters. The standard InChI is InChI=1S/C21H27N3O5S/c1-15(2)13-22-21(26)14-24(18-7-9-19(29-4)10-8-18)30(27,28)20-11-5-17(6-12-20)23-16(3)25/h5-12,15H,13-14H2,1-4H3,(H,22,26)(H,23,25). The van der Waals surface area contributed by atoms with Gasteiger partial charge in [0.25, 0.3) is 10.0 Å². The van der Waals surface area contributed by atoms with Crippen molar-refractivity contribution in [2.75, 3.05) is 29.8 Å². The summed E-state index contributed by atoms with van der Waals surface area (Å²) in [5, 5.41) is 5.33. The second-order valence-electron chi connectivity index (χ2n) is 7.11. The first-order chi connectivity index (χ1) is 14.1. The smallest absolute Gasteiger partial charge is 0.264 e. The number of methoxy groups -OCH3 is 1. The molecule has 0 aliphatic carbocycles. The minimum atomic E-state index is -4.03. The van der Waals surface area contributed by atoms with Crippen molar-refractivity contribution in [3.63, 3.8) is 0 Å². The minimum Gasteiger partial charge on any atom is -0.497 e. The van der Waals surface area contributed by atoms with Crippen molar-refractivity contribution in [3.05, 3.63) is 48.5 Å². The van der Waals surface area contributed by atoms with E-state index in [9.17, 15) is 18.0 Å². The summed E-state index contributed by atoms with van der Waals surface area (Å²) in [5.41, 5.74) is 0.813. The number of nitrogens with zero attached hydrogens (tertiary/aromatic N) is 1. The molecular weight excluding hydrogens is 406 g/mol. The van der Waals surface area contributed by atoms with Gasteiger partial charge in [0.05, 0.1) is 17.7 Å². The van der Waals surface area contributed by atoms with Gasteiger partial charge in [0.1, 0.15) is 12.3 Å². The Morgan fingerprint density at radius 3 is 2.13 bits per heavy atom. The Labute approximate surface area is 177 Å². The van der Waals surface area contributed by atoms with Gasteiger partial charge in [-0.25, -0.2) is 8.42 Å². The maximum Gasteiger partial charge on any atom is 0.264 e. The van der Waals surface area contributed by atoms with Crippen LogP contribution in [0.3, 0.4) is 0 Å². The van der Waals surface area contributed by atoms with Crippen LogP contribution in [0.25, 0.3) is 0 Å². The Balaban J connectivity index is 2.37. The Bertz CT molecular complexity index is 971. The molecule has 9 heteroatoms. The first kappa shape index (κ1) is 23.2. The van der Waals surface area contributed by atoms with E-state index < -0.39 is 15.9 Å². The normalized spacial score (nSPS) is 11.1. The predicted octanol–water partition coefficient (Wildman–Crippen LogP) is 2.62. The van der Waals surface area contributed by atoms with E-state index in [0.29, 0.717) is 23.7 Å². The van der Waals surface area contributed by atoms with Crippen LogP contribution in [0.1, 0.15) is 20.8 Å². The van der Waals surface area contributed by atoms with E-state index in [2.05, 4.69) is 10.6 Å². The zero-order valence-electron chi connectivity index (χ0n) is 17.5. The van der Waals surface area contributed by atoms with Gasteiger partial charge in [-0.3, -0.25) is 13.9 Å². The molecule has 2 aromatic rings. The van der Waals surface area contributed by atoms with Crippen molar-refractivity contribution in [2.24, 2.45) is 5.92 Å². The lowest BCUT2D eigenvalue weighted by atomic mass is 10.2. The zero-order valence-corrected chi connectivity index (χ0v) is 18.3. The van der Waals surface area contributed by atoms with Crippen LogP contribution in [-0.2, 0) is 19.6 Å². The number of sulfonamides is 1. The van der Waals surface area contributed by atoms with Gasteiger partial charge in [-0.05, 0) is 54.4 Å². The Morgan fingerprint density at radius 2 is 1.63 bits per heavy atom. The Kier molecular flexibility index (Phi) is 7.82. The number of anilines is 2. The van der Waals surface area contributed by atoms with Gasteiger partial charge < -0.3 is 15.4 Å². The second-order valence-corrected chi connectivity index (χ2v) is 8.98. The van der Waals surface area contributed by atoms with Gasteiger partial charge in [-0.15, -0.1) is 0 Å². The first-order valence-corrected chi connectivity index (χ1v) is 10.9. The summed E-state index contributed by atoms with van der Waals surface area (Å²) < 4.78 is 32.8. The van der Waals surface area contributed by atoms with E-state index in [-0.39, 0.29) is 23.3 Å². The van der Waals surface area contributed by atoms with Crippen LogP contribution in [0, 0.1) is 5.92 Å². The van der Waals surface area contributed by atoms with Crippen LogP contribution < -0.4 is 19.7 Å². The second kappa shape index (κ2) is 10.1. The summed E-state index contributed by atoms with van der Waals surface area (Å²) in [4.78, 5) is 23.6. The summed E-state index contributed by atoms with van der Waals surface area (Å²) in [5.74, 6) is 0.145. The van der Waals surface area contributed by atoms with Gasteiger partial charge in [-0.2, -0.15) is 0 Å². The number of benzene rings is 2. The molecule has 0 saturated heterocycles. The number of hydrogen-bond acceptors (Lipinski definition) is 5. The van der Waals surface area contributed by atoms with Crippen LogP contribution in [0.5, 0.6) is 5.75 Å². The summed E-state index contributed by atoms with van der Waals surface area (Å²) in [6.45, 7) is 5.35. The van der Waals surface area contributed by atoms with Crippen LogP contribution in [0.15, 0.2) is 53.4 Å². The molecule has 30 heavy (non-hydrogen) atoms. The van der Waals surface area contributed by atoms with E-state index in [1.54, 1.807) is 24.3 Å². The van der Waals surface area contributed by atoms with Crippen LogP contribution in [0.4, 0.5) is 11.4 Å². The molecule has 0 aliphatic heterocycles. The summed E-state index contributed by atoms with van der Waals surface area (Å²) >= 11 is 0. The number of nitrogens with one attached hydrogen (secondary N) is 2. The van der Waals surface area contributed by atoms with E-state index in [1.807, 2.05) is 13.8 Å². The van der Waals surface area contributed by atoms with Crippen molar-refractivity contribution in [1.29, 1.82) is 0 Å². The molecule has 0 fully saturated rings. The van der Waals surface area contributed by atoms with Crippen LogP contribution in [-0.4, -0.2) is 40.4 Å². The number of carbonyl (C=O) groups is 2. The molecular formula is C21H27N3O5S. The van der Waals surface area contributed by atoms with Gasteiger partial charge in [0.15, 0.2) is 0 Å². The van der Waals surface area contributed by atoms with E-state index in [4.69, 9.17) is 4.74 Å². The van der Waals surface area contributed by atoms with Gasteiger partial charge >= 0.3 is 0 Å². The Hall–Kier alpha value is -3.07. The molecule has 2 aromatic carbocycles. The molecule has 2 N–H and O–H groups in total. The third kappa shape index (κ3) is 6.21. The highest BCUT2D eigenvalue weighted by Gasteiger charge is 2.27. The quantitative estimate of drug-likeness (QED) is 0.633. The average molecular weight is 434 g/mol. The average Bonchev–Trinajstić information content (AvgIpc) is 2.70. The molecule has 0 radical (unpaired) electrons. The highest BCUT2D eigenvalue weighted by Crippen LogP contribution is 2.26. The molecule has 162 valence electrons. The van der Waals surface area contributed by atoms with E-state index in [0.717, 1.165) is 4.31 Å². The van der Waals surface area contributed by atoms with E-state index >= 15 is 0 Å². The van der Waals surface area contributed by atoms with Crippen molar-refractivity contribution >= 4 is 33.2 Å². The molecule has 0 bridgehead atoms. The molecule has 0 heterocycles. The first-order valence-electron chi connectivity index (χ1n) is 9.44. The van der Waals surface area contributed by atoms with Crippen molar-refractivity contribution in [1.82, 2.24) is 5.32 Å². The number of rotatable bonds is 9. The van der Waals surface area contributed by atoms with Crippen LogP contribution >= 0.6 is 0 Å². The monoisotopic (exact) mass is 433 g/mol. The third-order valence-corrected chi connectivity index (χ3v) is 5.91. The van der Waals surface area contributed by atoms with Gasteiger partial charge in [0.2, 0.25) is 11.8 Å². The molecule has 0 unspecified atom stereocenters. The lowest BCUT2D eigenvalue weighted by Crippen LogP contribution is -2.41. The largest absolute Gasteiger partial charge is 0.497 e. The van der Waals surface area contributed by atoms with Crippen LogP contribution in [0.2, 0.25) is 0 Å². The topological polar surface area (TPSA) is 105 Å². The molecule has 0 spiro atoms. The molecule has 8 nitrogen and oxygen atoms in total. The fourth-order valence-corrected chi connectivity index (χ4v) is 4.03. The number of hydrogen-bond donors (Lipinski definition) is 2. The minimum absolute atomic E-state index is 0.00378. The maximum atomic E-state index is 13.3. The molecule has 2 amide bonds. The lowest BCUT2D eigenvalue weighted by molar-refractivity contribution is -0.119. The number of ether oxygens (including phenoxy) is 1. The predicted molar refractivity (Wildman–Crippen MR) is 116 cm³/mol. The zero-order chi connectivity index (χ0) is 22.3. The third-order valence-electron chi connectivity index (χ3n) is 4.12. The van der Waals surface area contributed by atoms with Crippen molar-refractivity contribution in [3.8, 4) is 5.75 Å². The lowest BCUT2D eigenvalue weighted by Gasteiger charge is -2.24. The fraction of sp³-hybridized carbons (Fsp3) is 0.333. The van der Waals surface area contributed by atoms with Gasteiger partial charge in [0, 0.05) is 19.2 Å². The molecule has 0 aromatic heterocycles. The molecule has 0 aliphatic rings. The van der Waals surface area contributed by atoms with Crippen molar-refractivity contribution in [2.45, 2.75) is 25.7 Å². The SMILES string of the molecule is COc1ccc(N(CC(=O)NCC(C)C)S(=O)(=O)c2ccc(NC(C)=O)cc2)cc1. The summed E-state index contributed by atoms with van der Waals surface area (Å²) in [6.07, 6.45) is 0. The highest BCUT2D eigenvalue weighted by atomic mass is 32.2. The number of amides is 2.